The monoisotopic (exact) mass is 277 g/mol. The summed E-state index contributed by atoms with van der Waals surface area (Å²) < 4.78 is 1.28. The van der Waals surface area contributed by atoms with Crippen molar-refractivity contribution < 1.29 is 0 Å². The highest BCUT2D eigenvalue weighted by Crippen LogP contribution is 2.56. The second-order valence-corrected chi connectivity index (χ2v) is 7.46. The molecule has 2 aliphatic rings. The number of rotatable bonds is 3. The summed E-state index contributed by atoms with van der Waals surface area (Å²) in [5.41, 5.74) is 1.12. The zero-order valence-corrected chi connectivity index (χ0v) is 11.8. The SMILES string of the molecule is ClC(Cc1nc2ccccc2s1)C1CC2CC2C1. The van der Waals surface area contributed by atoms with Crippen molar-refractivity contribution in [3.8, 4) is 0 Å². The van der Waals surface area contributed by atoms with Gasteiger partial charge in [0.05, 0.1) is 15.2 Å². The largest absolute Gasteiger partial charge is 0.241 e. The fourth-order valence-electron chi connectivity index (χ4n) is 3.40. The number of alkyl halides is 1. The van der Waals surface area contributed by atoms with Gasteiger partial charge < -0.3 is 0 Å². The third kappa shape index (κ3) is 1.96. The average Bonchev–Trinajstić information content (AvgIpc) is 2.83. The Morgan fingerprint density at radius 1 is 1.22 bits per heavy atom. The smallest absolute Gasteiger partial charge is 0.0953 e. The Bertz CT molecular complexity index is 536. The van der Waals surface area contributed by atoms with Crippen LogP contribution >= 0.6 is 22.9 Å². The first-order valence-electron chi connectivity index (χ1n) is 6.78. The molecular weight excluding hydrogens is 262 g/mol. The molecule has 0 amide bonds. The standard InChI is InChI=1S/C15H16ClNS/c16-12(11-6-9-5-10(9)7-11)8-15-17-13-3-1-2-4-14(13)18-15/h1-4,9-12H,5-8H2. The van der Waals surface area contributed by atoms with E-state index < -0.39 is 0 Å². The zero-order chi connectivity index (χ0) is 12.1. The summed E-state index contributed by atoms with van der Waals surface area (Å²) >= 11 is 8.40. The van der Waals surface area contributed by atoms with Crippen LogP contribution in [0.3, 0.4) is 0 Å². The van der Waals surface area contributed by atoms with Crippen molar-refractivity contribution in [2.45, 2.75) is 31.1 Å². The van der Waals surface area contributed by atoms with Crippen molar-refractivity contribution >= 4 is 33.2 Å². The van der Waals surface area contributed by atoms with Crippen LogP contribution in [0.4, 0.5) is 0 Å². The molecule has 0 saturated heterocycles. The van der Waals surface area contributed by atoms with Crippen molar-refractivity contribution in [1.29, 1.82) is 0 Å². The number of hydrogen-bond donors (Lipinski definition) is 0. The maximum atomic E-state index is 6.60. The lowest BCUT2D eigenvalue weighted by molar-refractivity contribution is 0.460. The Hall–Kier alpha value is -0.600. The Kier molecular flexibility index (Phi) is 2.63. The molecular formula is C15H16ClNS. The Morgan fingerprint density at radius 3 is 2.78 bits per heavy atom. The highest BCUT2D eigenvalue weighted by molar-refractivity contribution is 7.18. The Morgan fingerprint density at radius 2 is 2.00 bits per heavy atom. The summed E-state index contributed by atoms with van der Waals surface area (Å²) in [5, 5.41) is 1.50. The molecule has 3 heteroatoms. The summed E-state index contributed by atoms with van der Waals surface area (Å²) in [6.07, 6.45) is 5.15. The maximum Gasteiger partial charge on any atom is 0.0953 e. The first-order valence-corrected chi connectivity index (χ1v) is 8.03. The minimum absolute atomic E-state index is 0.290. The van der Waals surface area contributed by atoms with Crippen molar-refractivity contribution in [1.82, 2.24) is 4.98 Å². The first kappa shape index (κ1) is 11.2. The van der Waals surface area contributed by atoms with E-state index >= 15 is 0 Å². The van der Waals surface area contributed by atoms with Gasteiger partial charge >= 0.3 is 0 Å². The van der Waals surface area contributed by atoms with E-state index in [1.165, 1.54) is 29.0 Å². The van der Waals surface area contributed by atoms with Gasteiger partial charge in [-0.1, -0.05) is 12.1 Å². The molecule has 1 nitrogen and oxygen atoms in total. The second kappa shape index (κ2) is 4.21. The van der Waals surface area contributed by atoms with E-state index in [1.807, 2.05) is 0 Å². The predicted octanol–water partition coefficient (Wildman–Crippen LogP) is 4.49. The number of fused-ring (bicyclic) bond motifs is 2. The number of nitrogens with zero attached hydrogens (tertiary/aromatic N) is 1. The van der Waals surface area contributed by atoms with E-state index in [0.717, 1.165) is 29.7 Å². The van der Waals surface area contributed by atoms with Crippen molar-refractivity contribution in [2.24, 2.45) is 17.8 Å². The predicted molar refractivity (Wildman–Crippen MR) is 77.3 cm³/mol. The molecule has 94 valence electrons. The van der Waals surface area contributed by atoms with Crippen LogP contribution in [0.25, 0.3) is 10.2 Å². The number of para-hydroxylation sites is 1. The average molecular weight is 278 g/mol. The van der Waals surface area contributed by atoms with Crippen LogP contribution in [-0.4, -0.2) is 10.4 Å². The normalized spacial score (nSPS) is 31.5. The number of benzene rings is 1. The zero-order valence-electron chi connectivity index (χ0n) is 10.2. The van der Waals surface area contributed by atoms with Crippen LogP contribution in [-0.2, 0) is 6.42 Å². The van der Waals surface area contributed by atoms with Crippen LogP contribution in [0.1, 0.15) is 24.3 Å². The molecule has 3 atom stereocenters. The first-order chi connectivity index (χ1) is 8.79. The molecule has 2 aliphatic carbocycles. The molecule has 0 radical (unpaired) electrons. The molecule has 0 N–H and O–H groups in total. The van der Waals surface area contributed by atoms with E-state index in [4.69, 9.17) is 11.6 Å². The lowest BCUT2D eigenvalue weighted by Gasteiger charge is -2.17. The van der Waals surface area contributed by atoms with Crippen LogP contribution in [0, 0.1) is 17.8 Å². The lowest BCUT2D eigenvalue weighted by Crippen LogP contribution is -2.15. The van der Waals surface area contributed by atoms with Gasteiger partial charge in [-0.25, -0.2) is 4.98 Å². The topological polar surface area (TPSA) is 12.9 Å². The van der Waals surface area contributed by atoms with Gasteiger partial charge in [-0.15, -0.1) is 22.9 Å². The van der Waals surface area contributed by atoms with Gasteiger partial charge in [0.1, 0.15) is 0 Å². The van der Waals surface area contributed by atoms with E-state index in [2.05, 4.69) is 29.2 Å². The van der Waals surface area contributed by atoms with E-state index in [1.54, 1.807) is 11.3 Å². The van der Waals surface area contributed by atoms with Gasteiger partial charge in [0.25, 0.3) is 0 Å². The fourth-order valence-corrected chi connectivity index (χ4v) is 4.87. The van der Waals surface area contributed by atoms with Gasteiger partial charge in [0.15, 0.2) is 0 Å². The quantitative estimate of drug-likeness (QED) is 0.753. The van der Waals surface area contributed by atoms with E-state index in [-0.39, 0.29) is 0 Å². The minimum atomic E-state index is 0.290. The summed E-state index contributed by atoms with van der Waals surface area (Å²) in [6.45, 7) is 0. The molecule has 0 aliphatic heterocycles. The summed E-state index contributed by atoms with van der Waals surface area (Å²) in [7, 11) is 0. The van der Waals surface area contributed by atoms with Crippen molar-refractivity contribution in [2.75, 3.05) is 0 Å². The van der Waals surface area contributed by atoms with Crippen LogP contribution in [0.5, 0.6) is 0 Å². The molecule has 0 spiro atoms. The molecule has 0 bridgehead atoms. The highest BCUT2D eigenvalue weighted by atomic mass is 35.5. The third-order valence-electron chi connectivity index (χ3n) is 4.50. The van der Waals surface area contributed by atoms with Crippen LogP contribution in [0.15, 0.2) is 24.3 Å². The van der Waals surface area contributed by atoms with Crippen molar-refractivity contribution in [3.63, 3.8) is 0 Å². The number of aromatic nitrogens is 1. The molecule has 2 aromatic rings. The molecule has 18 heavy (non-hydrogen) atoms. The molecule has 3 unspecified atom stereocenters. The Balaban J connectivity index is 1.49. The lowest BCUT2D eigenvalue weighted by atomic mass is 9.97. The third-order valence-corrected chi connectivity index (χ3v) is 6.07. The molecule has 1 aromatic carbocycles. The molecule has 2 fully saturated rings. The minimum Gasteiger partial charge on any atom is -0.241 e. The van der Waals surface area contributed by atoms with Gasteiger partial charge in [-0.2, -0.15) is 0 Å². The number of hydrogen-bond acceptors (Lipinski definition) is 2. The summed E-state index contributed by atoms with van der Waals surface area (Å²) in [6, 6.07) is 8.36. The van der Waals surface area contributed by atoms with Crippen LogP contribution in [0.2, 0.25) is 0 Å². The molecule has 2 saturated carbocycles. The molecule has 4 rings (SSSR count). The number of halogens is 1. The van der Waals surface area contributed by atoms with E-state index in [9.17, 15) is 0 Å². The van der Waals surface area contributed by atoms with Gasteiger partial charge in [-0.3, -0.25) is 0 Å². The maximum absolute atomic E-state index is 6.60. The van der Waals surface area contributed by atoms with Gasteiger partial charge in [0, 0.05) is 11.8 Å². The van der Waals surface area contributed by atoms with Gasteiger partial charge in [-0.05, 0) is 49.1 Å². The van der Waals surface area contributed by atoms with Gasteiger partial charge in [0.2, 0.25) is 0 Å². The summed E-state index contributed by atoms with van der Waals surface area (Å²) in [4.78, 5) is 4.69. The number of thiazole rings is 1. The second-order valence-electron chi connectivity index (χ2n) is 5.78. The summed E-state index contributed by atoms with van der Waals surface area (Å²) in [5.74, 6) is 2.78. The van der Waals surface area contributed by atoms with E-state index in [0.29, 0.717) is 5.38 Å². The highest BCUT2D eigenvalue weighted by Gasteiger charge is 2.47. The fraction of sp³-hybridized carbons (Fsp3) is 0.533. The molecule has 1 heterocycles. The van der Waals surface area contributed by atoms with Crippen molar-refractivity contribution in [3.05, 3.63) is 29.3 Å². The van der Waals surface area contributed by atoms with Crippen LogP contribution < -0.4 is 0 Å². The Labute approximate surface area is 116 Å². The molecule has 1 aromatic heterocycles.